The minimum atomic E-state index is -0.233. The summed E-state index contributed by atoms with van der Waals surface area (Å²) in [6, 6.07) is 0. The monoisotopic (exact) mass is 171 g/mol. The molecule has 2 saturated heterocycles. The van der Waals surface area contributed by atoms with Gasteiger partial charge in [-0.15, -0.1) is 0 Å². The summed E-state index contributed by atoms with van der Waals surface area (Å²) in [4.78, 5) is 16.7. The van der Waals surface area contributed by atoms with Crippen LogP contribution in [0.2, 0.25) is 0 Å². The summed E-state index contributed by atoms with van der Waals surface area (Å²) in [5.41, 5.74) is 0. The minimum Gasteiger partial charge on any atom is -0.368 e. The van der Waals surface area contributed by atoms with E-state index < -0.39 is 0 Å². The second kappa shape index (κ2) is 3.41. The Morgan fingerprint density at radius 2 is 2.25 bits per heavy atom. The molecule has 0 bridgehead atoms. The van der Waals surface area contributed by atoms with E-state index in [9.17, 15) is 4.79 Å². The molecule has 0 aliphatic carbocycles. The van der Waals surface area contributed by atoms with Crippen LogP contribution in [0.15, 0.2) is 0 Å². The number of hydroxylamine groups is 2. The topological polar surface area (TPSA) is 38.8 Å². The molecule has 4 nitrogen and oxygen atoms in total. The molecule has 0 spiro atoms. The lowest BCUT2D eigenvalue weighted by molar-refractivity contribution is -0.178. The maximum atomic E-state index is 11.5. The van der Waals surface area contributed by atoms with Crippen LogP contribution in [0.4, 0.5) is 0 Å². The van der Waals surface area contributed by atoms with Crippen molar-refractivity contribution in [2.45, 2.75) is 25.4 Å². The number of hydrogen-bond donors (Lipinski definition) is 0. The van der Waals surface area contributed by atoms with Gasteiger partial charge in [-0.3, -0.25) is 9.63 Å². The van der Waals surface area contributed by atoms with Crippen LogP contribution in [0.5, 0.6) is 0 Å². The van der Waals surface area contributed by atoms with Gasteiger partial charge in [0.25, 0.3) is 5.91 Å². The van der Waals surface area contributed by atoms with E-state index in [0.29, 0.717) is 13.2 Å². The predicted molar refractivity (Wildman–Crippen MR) is 41.3 cm³/mol. The van der Waals surface area contributed by atoms with Crippen molar-refractivity contribution in [3.05, 3.63) is 0 Å². The number of carbonyl (C=O) groups excluding carboxylic acids is 1. The highest BCUT2D eigenvalue weighted by atomic mass is 16.7. The van der Waals surface area contributed by atoms with Gasteiger partial charge in [-0.1, -0.05) is 0 Å². The third-order valence-electron chi connectivity index (χ3n) is 2.20. The van der Waals surface area contributed by atoms with Gasteiger partial charge in [0.15, 0.2) is 0 Å². The van der Waals surface area contributed by atoms with Gasteiger partial charge < -0.3 is 4.74 Å². The van der Waals surface area contributed by atoms with Crippen molar-refractivity contribution in [2.24, 2.45) is 0 Å². The summed E-state index contributed by atoms with van der Waals surface area (Å²) < 4.78 is 5.26. The smallest absolute Gasteiger partial charge is 0.275 e. The Bertz CT molecular complexity index is 153. The standard InChI is InChI=1S/C8H13NO3/c10-8(7-3-1-5-11-7)9-4-2-6-12-9/h7H,1-6H2. The molecule has 68 valence electrons. The van der Waals surface area contributed by atoms with E-state index in [2.05, 4.69) is 0 Å². The molecule has 2 rings (SSSR count). The van der Waals surface area contributed by atoms with E-state index in [1.54, 1.807) is 0 Å². The molecular formula is C8H13NO3. The number of amides is 1. The normalized spacial score (nSPS) is 29.7. The Morgan fingerprint density at radius 1 is 1.33 bits per heavy atom. The van der Waals surface area contributed by atoms with Crippen molar-refractivity contribution in [2.75, 3.05) is 19.8 Å². The van der Waals surface area contributed by atoms with E-state index in [-0.39, 0.29) is 12.0 Å². The summed E-state index contributed by atoms with van der Waals surface area (Å²) in [7, 11) is 0. The van der Waals surface area contributed by atoms with Crippen LogP contribution >= 0.6 is 0 Å². The molecule has 2 aliphatic heterocycles. The molecule has 2 heterocycles. The van der Waals surface area contributed by atoms with E-state index >= 15 is 0 Å². The summed E-state index contributed by atoms with van der Waals surface area (Å²) in [6.45, 7) is 2.10. The van der Waals surface area contributed by atoms with Crippen LogP contribution in [0, 0.1) is 0 Å². The Labute approximate surface area is 71.4 Å². The average Bonchev–Trinajstić information content (AvgIpc) is 2.77. The number of ether oxygens (including phenoxy) is 1. The van der Waals surface area contributed by atoms with Crippen molar-refractivity contribution < 1.29 is 14.4 Å². The van der Waals surface area contributed by atoms with Crippen LogP contribution in [-0.2, 0) is 14.4 Å². The molecule has 1 unspecified atom stereocenters. The van der Waals surface area contributed by atoms with E-state index in [1.807, 2.05) is 0 Å². The molecule has 1 amide bonds. The zero-order valence-electron chi connectivity index (χ0n) is 6.99. The summed E-state index contributed by atoms with van der Waals surface area (Å²) in [5.74, 6) is 0.00463. The highest BCUT2D eigenvalue weighted by Crippen LogP contribution is 2.16. The fourth-order valence-corrected chi connectivity index (χ4v) is 1.55. The van der Waals surface area contributed by atoms with Crippen molar-refractivity contribution in [1.82, 2.24) is 5.06 Å². The Kier molecular flexibility index (Phi) is 2.28. The summed E-state index contributed by atoms with van der Waals surface area (Å²) in [5, 5.41) is 1.44. The summed E-state index contributed by atoms with van der Waals surface area (Å²) in [6.07, 6.45) is 2.55. The second-order valence-corrected chi connectivity index (χ2v) is 3.13. The fourth-order valence-electron chi connectivity index (χ4n) is 1.55. The van der Waals surface area contributed by atoms with Crippen molar-refractivity contribution in [3.63, 3.8) is 0 Å². The predicted octanol–water partition coefficient (Wildman–Crippen LogP) is 0.329. The highest BCUT2D eigenvalue weighted by molar-refractivity contribution is 5.80. The van der Waals surface area contributed by atoms with Crippen molar-refractivity contribution in [3.8, 4) is 0 Å². The molecule has 0 aromatic rings. The van der Waals surface area contributed by atoms with E-state index in [1.165, 1.54) is 5.06 Å². The zero-order valence-corrected chi connectivity index (χ0v) is 6.99. The van der Waals surface area contributed by atoms with Gasteiger partial charge in [-0.25, -0.2) is 5.06 Å². The Morgan fingerprint density at radius 3 is 2.83 bits per heavy atom. The van der Waals surface area contributed by atoms with Crippen LogP contribution in [0.3, 0.4) is 0 Å². The molecule has 4 heteroatoms. The lowest BCUT2D eigenvalue weighted by Gasteiger charge is -2.17. The molecule has 2 aliphatic rings. The largest absolute Gasteiger partial charge is 0.368 e. The van der Waals surface area contributed by atoms with E-state index in [0.717, 1.165) is 25.8 Å². The molecule has 0 aromatic carbocycles. The fraction of sp³-hybridized carbons (Fsp3) is 0.875. The summed E-state index contributed by atoms with van der Waals surface area (Å²) >= 11 is 0. The third kappa shape index (κ3) is 1.44. The van der Waals surface area contributed by atoms with Crippen LogP contribution in [0.25, 0.3) is 0 Å². The quantitative estimate of drug-likeness (QED) is 0.570. The van der Waals surface area contributed by atoms with E-state index in [4.69, 9.17) is 9.57 Å². The third-order valence-corrected chi connectivity index (χ3v) is 2.20. The Balaban J connectivity index is 1.89. The number of rotatable bonds is 1. The molecule has 0 N–H and O–H groups in total. The average molecular weight is 171 g/mol. The number of nitrogens with zero attached hydrogens (tertiary/aromatic N) is 1. The van der Waals surface area contributed by atoms with Crippen LogP contribution in [0.1, 0.15) is 19.3 Å². The first-order valence-corrected chi connectivity index (χ1v) is 4.44. The lowest BCUT2D eigenvalue weighted by atomic mass is 10.2. The van der Waals surface area contributed by atoms with Gasteiger partial charge in [-0.05, 0) is 19.3 Å². The van der Waals surface area contributed by atoms with Crippen molar-refractivity contribution in [1.29, 1.82) is 0 Å². The second-order valence-electron chi connectivity index (χ2n) is 3.13. The molecule has 12 heavy (non-hydrogen) atoms. The lowest BCUT2D eigenvalue weighted by Crippen LogP contribution is -2.35. The molecule has 0 aromatic heterocycles. The van der Waals surface area contributed by atoms with Gasteiger partial charge in [0.05, 0.1) is 13.2 Å². The molecule has 0 radical (unpaired) electrons. The zero-order chi connectivity index (χ0) is 8.39. The van der Waals surface area contributed by atoms with Crippen molar-refractivity contribution >= 4 is 5.91 Å². The maximum absolute atomic E-state index is 11.5. The van der Waals surface area contributed by atoms with Gasteiger partial charge in [-0.2, -0.15) is 0 Å². The molecule has 1 atom stereocenters. The van der Waals surface area contributed by atoms with Gasteiger partial charge in [0, 0.05) is 6.61 Å². The van der Waals surface area contributed by atoms with Crippen LogP contribution in [-0.4, -0.2) is 36.8 Å². The molecular weight excluding hydrogens is 158 g/mol. The van der Waals surface area contributed by atoms with Gasteiger partial charge in [0.1, 0.15) is 6.10 Å². The molecule has 0 saturated carbocycles. The number of hydrogen-bond acceptors (Lipinski definition) is 3. The molecule has 2 fully saturated rings. The minimum absolute atomic E-state index is 0.00463. The van der Waals surface area contributed by atoms with Crippen LogP contribution < -0.4 is 0 Å². The Hall–Kier alpha value is -0.610. The first kappa shape index (κ1) is 8.01. The van der Waals surface area contributed by atoms with Gasteiger partial charge in [0.2, 0.25) is 0 Å². The highest BCUT2D eigenvalue weighted by Gasteiger charge is 2.30. The number of carbonyl (C=O) groups is 1. The first-order chi connectivity index (χ1) is 5.88. The first-order valence-electron chi connectivity index (χ1n) is 4.44. The maximum Gasteiger partial charge on any atom is 0.275 e. The van der Waals surface area contributed by atoms with Gasteiger partial charge >= 0.3 is 0 Å². The SMILES string of the molecule is O=C(C1CCCO1)N1CCCO1.